The lowest BCUT2D eigenvalue weighted by Gasteiger charge is -2.12. The molecule has 1 nitrogen and oxygen atoms in total. The molecule has 0 bridgehead atoms. The van der Waals surface area contributed by atoms with E-state index in [0.717, 1.165) is 25.3 Å². The van der Waals surface area contributed by atoms with Gasteiger partial charge in [0.1, 0.15) is 0 Å². The minimum atomic E-state index is -2.28. The molecule has 0 radical (unpaired) electrons. The van der Waals surface area contributed by atoms with Crippen molar-refractivity contribution in [2.45, 2.75) is 0 Å². The van der Waals surface area contributed by atoms with Crippen LogP contribution in [-0.4, -0.2) is 7.11 Å². The monoisotopic (exact) mass is 292 g/mol. The van der Waals surface area contributed by atoms with E-state index in [1.54, 1.807) is 0 Å². The highest BCUT2D eigenvalue weighted by Gasteiger charge is 2.28. The first-order chi connectivity index (χ1) is 9.40. The molecule has 0 aromatic heterocycles. The molecular weight excluding hydrogens is 286 g/mol. The van der Waals surface area contributed by atoms with E-state index in [1.165, 1.54) is 0 Å². The predicted octanol–water partition coefficient (Wildman–Crippen LogP) is 4.20. The first kappa shape index (κ1) is 14.2. The fraction of sp³-hybridized carbons (Fsp3) is 0.0769. The molecule has 0 aliphatic heterocycles. The van der Waals surface area contributed by atoms with Gasteiger partial charge >= 0.3 is 0 Å². The summed E-state index contributed by atoms with van der Waals surface area (Å²) in [5.41, 5.74) is -1.81. The summed E-state index contributed by atoms with van der Waals surface area (Å²) in [6, 6.07) is 2.97. The van der Waals surface area contributed by atoms with Crippen molar-refractivity contribution in [3.8, 4) is 16.9 Å². The lowest BCUT2D eigenvalue weighted by Crippen LogP contribution is -2.05. The lowest BCUT2D eigenvalue weighted by molar-refractivity contribution is 0.376. The van der Waals surface area contributed by atoms with E-state index in [-0.39, 0.29) is 0 Å². The lowest BCUT2D eigenvalue weighted by atomic mass is 10.0. The van der Waals surface area contributed by atoms with Gasteiger partial charge in [-0.25, -0.2) is 26.3 Å². The van der Waals surface area contributed by atoms with E-state index in [4.69, 9.17) is 0 Å². The topological polar surface area (TPSA) is 9.23 Å². The van der Waals surface area contributed by atoms with Crippen LogP contribution < -0.4 is 4.74 Å². The van der Waals surface area contributed by atoms with E-state index in [1.807, 2.05) is 0 Å². The highest BCUT2D eigenvalue weighted by atomic mass is 19.2. The van der Waals surface area contributed by atoms with Gasteiger partial charge in [0.15, 0.2) is 34.8 Å². The van der Waals surface area contributed by atoms with Crippen LogP contribution >= 0.6 is 0 Å². The average Bonchev–Trinajstić information content (AvgIpc) is 2.43. The second kappa shape index (κ2) is 5.07. The zero-order valence-corrected chi connectivity index (χ0v) is 9.91. The van der Waals surface area contributed by atoms with Crippen LogP contribution in [0.1, 0.15) is 0 Å². The number of methoxy groups -OCH3 is 1. The Morgan fingerprint density at radius 3 is 1.75 bits per heavy atom. The molecule has 106 valence electrons. The number of para-hydroxylation sites is 1. The summed E-state index contributed by atoms with van der Waals surface area (Å²) < 4.78 is 84.5. The fourth-order valence-corrected chi connectivity index (χ4v) is 1.75. The molecule has 0 atom stereocenters. The third-order valence-corrected chi connectivity index (χ3v) is 2.65. The Balaban J connectivity index is 2.87. The van der Waals surface area contributed by atoms with Crippen molar-refractivity contribution in [3.63, 3.8) is 0 Å². The fourth-order valence-electron chi connectivity index (χ4n) is 1.75. The number of benzene rings is 2. The molecule has 2 aromatic carbocycles. The Bertz CT molecular complexity index is 654. The molecule has 0 N–H and O–H groups in total. The Morgan fingerprint density at radius 1 is 0.750 bits per heavy atom. The zero-order valence-electron chi connectivity index (χ0n) is 9.91. The predicted molar refractivity (Wildman–Crippen MR) is 58.2 cm³/mol. The van der Waals surface area contributed by atoms with Gasteiger partial charge in [-0.15, -0.1) is 0 Å². The molecule has 0 amide bonds. The van der Waals surface area contributed by atoms with Crippen LogP contribution in [0.2, 0.25) is 0 Å². The maximum absolute atomic E-state index is 13.6. The minimum Gasteiger partial charge on any atom is -0.493 e. The molecule has 2 aromatic rings. The molecule has 0 fully saturated rings. The summed E-state index contributed by atoms with van der Waals surface area (Å²) in [5.74, 6) is -12.2. The summed E-state index contributed by atoms with van der Waals surface area (Å²) in [4.78, 5) is 0. The Hall–Kier alpha value is -2.18. The van der Waals surface area contributed by atoms with Gasteiger partial charge in [-0.2, -0.15) is 0 Å². The highest BCUT2D eigenvalue weighted by molar-refractivity contribution is 5.72. The number of halogens is 6. The van der Waals surface area contributed by atoms with Crippen LogP contribution in [-0.2, 0) is 0 Å². The van der Waals surface area contributed by atoms with E-state index in [0.29, 0.717) is 0 Å². The van der Waals surface area contributed by atoms with Crippen LogP contribution in [0, 0.1) is 34.9 Å². The third kappa shape index (κ3) is 1.99. The van der Waals surface area contributed by atoms with Crippen molar-refractivity contribution in [3.05, 3.63) is 53.1 Å². The zero-order chi connectivity index (χ0) is 15.0. The third-order valence-electron chi connectivity index (χ3n) is 2.65. The summed E-state index contributed by atoms with van der Waals surface area (Å²) in [7, 11) is 1.01. The largest absolute Gasteiger partial charge is 0.493 e. The Morgan fingerprint density at radius 2 is 1.25 bits per heavy atom. The van der Waals surface area contributed by atoms with Gasteiger partial charge in [-0.3, -0.25) is 0 Å². The van der Waals surface area contributed by atoms with Gasteiger partial charge in [-0.05, 0) is 6.07 Å². The van der Waals surface area contributed by atoms with E-state index in [9.17, 15) is 26.3 Å². The van der Waals surface area contributed by atoms with Crippen LogP contribution in [0.4, 0.5) is 26.3 Å². The van der Waals surface area contributed by atoms with Crippen molar-refractivity contribution in [1.82, 2.24) is 0 Å². The summed E-state index contributed by atoms with van der Waals surface area (Å²) in [6.45, 7) is 0. The normalized spacial score (nSPS) is 10.8. The molecule has 0 aliphatic rings. The van der Waals surface area contributed by atoms with Crippen molar-refractivity contribution in [1.29, 1.82) is 0 Å². The van der Waals surface area contributed by atoms with Crippen molar-refractivity contribution in [2.75, 3.05) is 7.11 Å². The van der Waals surface area contributed by atoms with Crippen LogP contribution in [0.3, 0.4) is 0 Å². The smallest absolute Gasteiger partial charge is 0.200 e. The molecule has 0 aliphatic carbocycles. The van der Waals surface area contributed by atoms with Crippen LogP contribution in [0.15, 0.2) is 18.2 Å². The summed E-state index contributed by atoms with van der Waals surface area (Å²) in [6.07, 6.45) is 0. The molecule has 0 saturated heterocycles. The van der Waals surface area contributed by atoms with Gasteiger partial charge in [-0.1, -0.05) is 12.1 Å². The van der Waals surface area contributed by atoms with Gasteiger partial charge in [0, 0.05) is 5.56 Å². The molecule has 2 rings (SSSR count). The van der Waals surface area contributed by atoms with Crippen molar-refractivity contribution in [2.24, 2.45) is 0 Å². The molecular formula is C13H6F6O. The second-order valence-corrected chi connectivity index (χ2v) is 3.77. The Kier molecular flexibility index (Phi) is 3.61. The average molecular weight is 292 g/mol. The minimum absolute atomic E-state index is 0.569. The highest BCUT2D eigenvalue weighted by Crippen LogP contribution is 2.37. The summed E-state index contributed by atoms with van der Waals surface area (Å²) >= 11 is 0. The number of ether oxygens (including phenoxy) is 1. The number of hydrogen-bond acceptors (Lipinski definition) is 1. The maximum atomic E-state index is 13.6. The Labute approximate surface area is 109 Å². The van der Waals surface area contributed by atoms with Crippen LogP contribution in [0.25, 0.3) is 11.1 Å². The second-order valence-electron chi connectivity index (χ2n) is 3.77. The molecule has 7 heteroatoms. The number of rotatable bonds is 2. The SMILES string of the molecule is COc1c(F)cccc1-c1c(F)c(F)c(F)c(F)c1F. The van der Waals surface area contributed by atoms with Gasteiger partial charge in [0.2, 0.25) is 5.82 Å². The van der Waals surface area contributed by atoms with Crippen molar-refractivity contribution >= 4 is 0 Å². The standard InChI is InChI=1S/C13H6F6O/c1-20-13-5(3-2-4-6(13)14)7-8(15)10(17)12(19)11(18)9(7)16/h2-4H,1H3. The quantitative estimate of drug-likeness (QED) is 0.458. The van der Waals surface area contributed by atoms with Crippen molar-refractivity contribution < 1.29 is 31.1 Å². The van der Waals surface area contributed by atoms with Gasteiger partial charge < -0.3 is 4.74 Å². The van der Waals surface area contributed by atoms with E-state index < -0.39 is 51.8 Å². The first-order valence-electron chi connectivity index (χ1n) is 5.24. The number of hydrogen-bond donors (Lipinski definition) is 0. The molecule has 0 heterocycles. The molecule has 0 unspecified atom stereocenters. The molecule has 20 heavy (non-hydrogen) atoms. The van der Waals surface area contributed by atoms with Gasteiger partial charge in [0.05, 0.1) is 12.7 Å². The van der Waals surface area contributed by atoms with Gasteiger partial charge in [0.25, 0.3) is 0 Å². The maximum Gasteiger partial charge on any atom is 0.200 e. The molecule has 0 saturated carbocycles. The van der Waals surface area contributed by atoms with E-state index in [2.05, 4.69) is 4.74 Å². The van der Waals surface area contributed by atoms with Crippen LogP contribution in [0.5, 0.6) is 5.75 Å². The summed E-state index contributed by atoms with van der Waals surface area (Å²) in [5, 5.41) is 0. The van der Waals surface area contributed by atoms with E-state index >= 15 is 0 Å². The first-order valence-corrected chi connectivity index (χ1v) is 5.24. The molecule has 0 spiro atoms.